The minimum absolute atomic E-state index is 0.151. The Morgan fingerprint density at radius 3 is 2.73 bits per heavy atom. The topological polar surface area (TPSA) is 109 Å². The Hall–Kier alpha value is -2.93. The van der Waals surface area contributed by atoms with Gasteiger partial charge in [0.15, 0.2) is 0 Å². The molecule has 1 aromatic carbocycles. The highest BCUT2D eigenvalue weighted by atomic mass is 32.3. The van der Waals surface area contributed by atoms with E-state index in [1.54, 1.807) is 9.30 Å². The second-order valence-corrected chi connectivity index (χ2v) is 11.9. The lowest BCUT2D eigenvalue weighted by atomic mass is 10.0. The molecule has 3 N–H and O–H groups in total. The molecule has 9 nitrogen and oxygen atoms in total. The summed E-state index contributed by atoms with van der Waals surface area (Å²) in [6.07, 6.45) is 1.72. The fourth-order valence-corrected chi connectivity index (χ4v) is 6.72. The quantitative estimate of drug-likeness (QED) is 0.440. The zero-order valence-corrected chi connectivity index (χ0v) is 21.4. The lowest BCUT2D eigenvalue weighted by Crippen LogP contribution is -2.46. The molecule has 200 valence electrons. The van der Waals surface area contributed by atoms with Crippen LogP contribution in [0.5, 0.6) is 0 Å². The second-order valence-electron chi connectivity index (χ2n) is 9.57. The van der Waals surface area contributed by atoms with Crippen molar-refractivity contribution in [3.63, 3.8) is 0 Å². The monoisotopic (exact) mass is 536 g/mol. The number of amides is 1. The Balaban J connectivity index is 1.49. The largest absolute Gasteiger partial charge is 0.453 e. The summed E-state index contributed by atoms with van der Waals surface area (Å²) >= 11 is 0. The minimum atomic E-state index is -2.64. The number of carbonyl (C=O) groups excluding carboxylic acids is 1. The predicted molar refractivity (Wildman–Crippen MR) is 137 cm³/mol. The van der Waals surface area contributed by atoms with Crippen LogP contribution >= 0.6 is 10.6 Å². The summed E-state index contributed by atoms with van der Waals surface area (Å²) in [4.78, 5) is 18.2. The molecule has 4 heterocycles. The maximum absolute atomic E-state index is 15.5. The van der Waals surface area contributed by atoms with Gasteiger partial charge in [0, 0.05) is 36.6 Å². The number of rotatable bonds is 5. The number of carbonyl (C=O) groups is 1. The van der Waals surface area contributed by atoms with Crippen molar-refractivity contribution in [1.82, 2.24) is 14.3 Å². The number of nitrogens with zero attached hydrogens (tertiary/aromatic N) is 3. The smallest absolute Gasteiger partial charge is 0.409 e. The molecule has 0 spiro atoms. The van der Waals surface area contributed by atoms with E-state index in [0.717, 1.165) is 5.56 Å². The number of imidazole rings is 1. The van der Waals surface area contributed by atoms with Gasteiger partial charge in [0.2, 0.25) is 0 Å². The summed E-state index contributed by atoms with van der Waals surface area (Å²) < 4.78 is 63.2. The van der Waals surface area contributed by atoms with E-state index in [2.05, 4.69) is 10.3 Å². The first-order chi connectivity index (χ1) is 17.6. The third-order valence-electron chi connectivity index (χ3n) is 6.78. The van der Waals surface area contributed by atoms with E-state index < -0.39 is 34.4 Å². The Kier molecular flexibility index (Phi) is 7.01. The first-order valence-electron chi connectivity index (χ1n) is 12.0. The van der Waals surface area contributed by atoms with Crippen LogP contribution in [-0.4, -0.2) is 79.9 Å². The van der Waals surface area contributed by atoms with E-state index in [-0.39, 0.29) is 47.5 Å². The number of nitrogens with one attached hydrogen (secondary N) is 1. The molecule has 2 saturated heterocycles. The summed E-state index contributed by atoms with van der Waals surface area (Å²) in [7, 11) is -1.32. The molecule has 3 aromatic rings. The first kappa shape index (κ1) is 25.7. The highest BCUT2D eigenvalue weighted by Gasteiger charge is 2.31. The maximum Gasteiger partial charge on any atom is 0.409 e. The van der Waals surface area contributed by atoms with Crippen LogP contribution in [0.1, 0.15) is 17.7 Å². The van der Waals surface area contributed by atoms with Gasteiger partial charge in [-0.2, -0.15) is 10.6 Å². The highest BCUT2D eigenvalue weighted by molar-refractivity contribution is 8.24. The van der Waals surface area contributed by atoms with Gasteiger partial charge in [-0.15, -0.1) is 0 Å². The van der Waals surface area contributed by atoms with Crippen molar-refractivity contribution in [3.05, 3.63) is 53.4 Å². The molecule has 0 bridgehead atoms. The van der Waals surface area contributed by atoms with E-state index in [1.807, 2.05) is 25.3 Å². The number of aryl methyl sites for hydroxylation is 1. The lowest BCUT2D eigenvalue weighted by Gasteiger charge is -2.32. The average Bonchev–Trinajstić information content (AvgIpc) is 3.36. The lowest BCUT2D eigenvalue weighted by molar-refractivity contribution is -0.0241. The van der Waals surface area contributed by atoms with Crippen LogP contribution in [0.25, 0.3) is 16.9 Å². The van der Waals surface area contributed by atoms with Gasteiger partial charge in [-0.05, 0) is 43.2 Å². The van der Waals surface area contributed by atoms with Crippen LogP contribution in [0.4, 0.5) is 19.3 Å². The molecule has 0 radical (unpaired) electrons. The van der Waals surface area contributed by atoms with E-state index in [0.29, 0.717) is 30.9 Å². The van der Waals surface area contributed by atoms with Crippen LogP contribution in [0.15, 0.2) is 30.5 Å². The fraction of sp³-hybridized carbons (Fsp3) is 0.440. The van der Waals surface area contributed by atoms with E-state index in [9.17, 15) is 13.9 Å². The molecule has 0 aliphatic carbocycles. The molecule has 2 aromatic heterocycles. The molecule has 2 aliphatic rings. The molecule has 5 rings (SSSR count). The zero-order valence-electron chi connectivity index (χ0n) is 20.6. The summed E-state index contributed by atoms with van der Waals surface area (Å²) in [5.74, 6) is -1.14. The normalized spacial score (nSPS) is 22.3. The average molecular weight is 537 g/mol. The summed E-state index contributed by atoms with van der Waals surface area (Å²) in [5, 5.41) is 3.02. The number of benzene rings is 1. The molecule has 2 atom stereocenters. The van der Waals surface area contributed by atoms with Crippen molar-refractivity contribution in [1.29, 1.82) is 0 Å². The van der Waals surface area contributed by atoms with Crippen molar-refractivity contribution in [2.45, 2.75) is 31.9 Å². The van der Waals surface area contributed by atoms with Gasteiger partial charge >= 0.3 is 6.09 Å². The minimum Gasteiger partial charge on any atom is -0.453 e. The van der Waals surface area contributed by atoms with Crippen LogP contribution in [-0.2, 0) is 15.9 Å². The van der Waals surface area contributed by atoms with Gasteiger partial charge in [0.1, 0.15) is 17.3 Å². The number of methoxy groups -OCH3 is 1. The molecule has 12 heteroatoms. The molecule has 0 saturated carbocycles. The molecule has 37 heavy (non-hydrogen) atoms. The van der Waals surface area contributed by atoms with E-state index >= 15 is 8.78 Å². The number of hydrogen-bond donors (Lipinski definition) is 3. The van der Waals surface area contributed by atoms with E-state index in [1.165, 1.54) is 19.2 Å². The van der Waals surface area contributed by atoms with E-state index in [4.69, 9.17) is 9.47 Å². The van der Waals surface area contributed by atoms with Crippen molar-refractivity contribution >= 4 is 28.0 Å². The molecular formula is C25H30F2N4O5S. The van der Waals surface area contributed by atoms with Crippen molar-refractivity contribution in [2.24, 2.45) is 0 Å². The van der Waals surface area contributed by atoms with Crippen molar-refractivity contribution in [2.75, 3.05) is 43.6 Å². The SMILES string of the molecule is COC(=O)N1CCO[C@@H](Cc2c(-c3c(F)cc(NC4CCS(O)(O)C4)cc3F)nc3cc(C)ccn23)C1. The third kappa shape index (κ3) is 5.37. The van der Waals surface area contributed by atoms with Gasteiger partial charge in [-0.25, -0.2) is 18.6 Å². The maximum atomic E-state index is 15.5. The third-order valence-corrected chi connectivity index (χ3v) is 8.61. The fourth-order valence-electron chi connectivity index (χ4n) is 5.00. The number of aromatic nitrogens is 2. The number of pyridine rings is 1. The molecular weight excluding hydrogens is 506 g/mol. The molecule has 2 fully saturated rings. The second kappa shape index (κ2) is 10.1. The van der Waals surface area contributed by atoms with Gasteiger partial charge in [-0.1, -0.05) is 0 Å². The zero-order chi connectivity index (χ0) is 26.3. The summed E-state index contributed by atoms with van der Waals surface area (Å²) in [6.45, 7) is 2.90. The first-order valence-corrected chi connectivity index (χ1v) is 13.9. The van der Waals surface area contributed by atoms with Gasteiger partial charge in [-0.3, -0.25) is 9.11 Å². The standard InChI is InChI=1S/C25H30F2N4O5S/c1-15-3-5-31-21(12-18-13-30(6-7-36-18)25(32)35-2)24(29-22(31)9-15)23-19(26)10-17(11-20(23)27)28-16-4-8-37(33,34)14-16/h3,5,9-11,16,18,28,33-34H,4,6-8,12-14H2,1-2H3/t16?,18-/m0/s1. The molecule has 2 aliphatic heterocycles. The number of ether oxygens (including phenoxy) is 2. The van der Waals surface area contributed by atoms with Gasteiger partial charge in [0.25, 0.3) is 0 Å². The van der Waals surface area contributed by atoms with Crippen LogP contribution in [0.2, 0.25) is 0 Å². The summed E-state index contributed by atoms with van der Waals surface area (Å²) in [6, 6.07) is 5.86. The number of fused-ring (bicyclic) bond motifs is 1. The summed E-state index contributed by atoms with van der Waals surface area (Å²) in [5.41, 5.74) is 2.20. The van der Waals surface area contributed by atoms with Crippen LogP contribution in [0.3, 0.4) is 0 Å². The van der Waals surface area contributed by atoms with Crippen molar-refractivity contribution < 1.29 is 32.2 Å². The predicted octanol–water partition coefficient (Wildman–Crippen LogP) is 4.53. The Labute approximate surface area is 214 Å². The number of hydrogen-bond acceptors (Lipinski definition) is 7. The van der Waals surface area contributed by atoms with Gasteiger partial charge < -0.3 is 24.1 Å². The number of halogens is 2. The van der Waals surface area contributed by atoms with Crippen LogP contribution < -0.4 is 5.32 Å². The Morgan fingerprint density at radius 1 is 1.30 bits per heavy atom. The Morgan fingerprint density at radius 2 is 2.05 bits per heavy atom. The van der Waals surface area contributed by atoms with Crippen LogP contribution in [0, 0.1) is 18.6 Å². The highest BCUT2D eigenvalue weighted by Crippen LogP contribution is 2.46. The molecule has 1 unspecified atom stereocenters. The number of morpholine rings is 1. The van der Waals surface area contributed by atoms with Gasteiger partial charge in [0.05, 0.1) is 49.1 Å². The Bertz CT molecular complexity index is 1310. The number of anilines is 1. The molecule has 1 amide bonds. The van der Waals surface area contributed by atoms with Crippen molar-refractivity contribution in [3.8, 4) is 11.3 Å².